The molecule has 1 aromatic heterocycles. The number of nitrogens with zero attached hydrogens (tertiary/aromatic N) is 2. The molecule has 2 aromatic rings. The largest absolute Gasteiger partial charge is 0.507 e. The molecule has 4 heteroatoms. The summed E-state index contributed by atoms with van der Waals surface area (Å²) in [6, 6.07) is 8.32. The van der Waals surface area contributed by atoms with E-state index < -0.39 is 5.66 Å². The topological polar surface area (TPSA) is 57.5 Å². The summed E-state index contributed by atoms with van der Waals surface area (Å²) in [5.74, 6) is 0.421. The van der Waals surface area contributed by atoms with E-state index in [1.807, 2.05) is 6.07 Å². The predicted octanol–water partition coefficient (Wildman–Crippen LogP) is 4.08. The lowest BCUT2D eigenvalue weighted by molar-refractivity contribution is 0.358. The van der Waals surface area contributed by atoms with E-state index in [4.69, 9.17) is 4.99 Å². The van der Waals surface area contributed by atoms with Gasteiger partial charge in [-0.1, -0.05) is 59.2 Å². The van der Waals surface area contributed by atoms with Crippen molar-refractivity contribution in [3.8, 4) is 5.75 Å². The highest BCUT2D eigenvalue weighted by molar-refractivity contribution is 5.50. The van der Waals surface area contributed by atoms with Gasteiger partial charge in [-0.25, -0.2) is 9.98 Å². The Labute approximate surface area is 174 Å². The Balaban J connectivity index is 1.96. The van der Waals surface area contributed by atoms with Gasteiger partial charge in [-0.15, -0.1) is 0 Å². The molecule has 0 bridgehead atoms. The van der Waals surface area contributed by atoms with Gasteiger partial charge in [-0.3, -0.25) is 5.32 Å². The molecule has 0 saturated carbocycles. The van der Waals surface area contributed by atoms with Crippen LogP contribution in [0.4, 0.5) is 0 Å². The Kier molecular flexibility index (Phi) is 5.37. The number of aromatic hydroxyl groups is 1. The van der Waals surface area contributed by atoms with E-state index in [2.05, 4.69) is 83.9 Å². The van der Waals surface area contributed by atoms with Crippen LogP contribution >= 0.6 is 0 Å². The zero-order chi connectivity index (χ0) is 21.6. The molecule has 1 atom stereocenters. The van der Waals surface area contributed by atoms with E-state index in [9.17, 15) is 5.11 Å². The molecule has 0 amide bonds. The van der Waals surface area contributed by atoms with Gasteiger partial charge in [0.15, 0.2) is 5.49 Å². The van der Waals surface area contributed by atoms with Crippen LogP contribution in [-0.4, -0.2) is 15.8 Å². The van der Waals surface area contributed by atoms with Gasteiger partial charge in [-0.2, -0.15) is 0 Å². The number of hydrogen-bond acceptors (Lipinski definition) is 4. The summed E-state index contributed by atoms with van der Waals surface area (Å²) in [6.45, 7) is 17.8. The summed E-state index contributed by atoms with van der Waals surface area (Å²) in [4.78, 5) is 9.37. The fourth-order valence-electron chi connectivity index (χ4n) is 4.04. The Morgan fingerprint density at radius 1 is 1.07 bits per heavy atom. The highest BCUT2D eigenvalue weighted by Crippen LogP contribution is 2.39. The Bertz CT molecular complexity index is 1010. The van der Waals surface area contributed by atoms with Crippen LogP contribution in [-0.2, 0) is 17.4 Å². The highest BCUT2D eigenvalue weighted by atomic mass is 16.3. The van der Waals surface area contributed by atoms with Crippen LogP contribution in [0.1, 0.15) is 78.5 Å². The molecule has 1 aliphatic rings. The van der Waals surface area contributed by atoms with Crippen molar-refractivity contribution in [2.75, 3.05) is 0 Å². The van der Waals surface area contributed by atoms with Gasteiger partial charge in [0, 0.05) is 24.4 Å². The second-order valence-electron chi connectivity index (χ2n) is 10.6. The third kappa shape index (κ3) is 4.53. The second-order valence-corrected chi connectivity index (χ2v) is 10.6. The van der Waals surface area contributed by atoms with E-state index in [-0.39, 0.29) is 10.8 Å². The number of nitrogens with one attached hydrogen (secondary N) is 1. The average Bonchev–Trinajstić information content (AvgIpc) is 2.58. The molecule has 29 heavy (non-hydrogen) atoms. The lowest BCUT2D eigenvalue weighted by Gasteiger charge is -2.31. The van der Waals surface area contributed by atoms with Gasteiger partial charge < -0.3 is 5.11 Å². The van der Waals surface area contributed by atoms with Crippen LogP contribution in [0, 0.1) is 0 Å². The molecule has 0 radical (unpaired) electrons. The van der Waals surface area contributed by atoms with Gasteiger partial charge in [0.1, 0.15) is 11.4 Å². The van der Waals surface area contributed by atoms with Crippen molar-refractivity contribution in [3.63, 3.8) is 0 Å². The fourth-order valence-corrected chi connectivity index (χ4v) is 4.04. The van der Waals surface area contributed by atoms with Crippen molar-refractivity contribution in [1.29, 1.82) is 0 Å². The van der Waals surface area contributed by atoms with Gasteiger partial charge in [0.2, 0.25) is 0 Å². The number of hydrogen-bond donors (Lipinski definition) is 2. The predicted molar refractivity (Wildman–Crippen MR) is 119 cm³/mol. The van der Waals surface area contributed by atoms with E-state index in [0.717, 1.165) is 28.3 Å². The van der Waals surface area contributed by atoms with Crippen LogP contribution in [0.15, 0.2) is 35.5 Å². The van der Waals surface area contributed by atoms with Crippen LogP contribution < -0.4 is 16.0 Å². The standard InChI is InChI=1S/C25H35N3O/c1-16-14-25(8,28-22-18(16)10-9-11-26-22)27-15-17-12-19(23(2,3)4)21(29)20(13-17)24(5,6)7/h9-13,27,29H,14-15H2,1-8H3. The van der Waals surface area contributed by atoms with Crippen LogP contribution in [0.3, 0.4) is 0 Å². The highest BCUT2D eigenvalue weighted by Gasteiger charge is 2.29. The summed E-state index contributed by atoms with van der Waals surface area (Å²) >= 11 is 0. The van der Waals surface area contributed by atoms with E-state index in [1.165, 1.54) is 11.1 Å². The molecular weight excluding hydrogens is 358 g/mol. The average molecular weight is 394 g/mol. The summed E-state index contributed by atoms with van der Waals surface area (Å²) in [7, 11) is 0. The molecule has 4 nitrogen and oxygen atoms in total. The second kappa shape index (κ2) is 7.24. The third-order valence-corrected chi connectivity index (χ3v) is 5.67. The maximum Gasteiger partial charge on any atom is 0.156 e. The van der Waals surface area contributed by atoms with E-state index in [1.54, 1.807) is 6.20 Å². The first-order valence-electron chi connectivity index (χ1n) is 10.4. The summed E-state index contributed by atoms with van der Waals surface area (Å²) in [5.41, 5.74) is 4.59. The molecule has 1 aromatic carbocycles. The number of phenolic OH excluding ortho intramolecular Hbond substituents is 1. The maximum atomic E-state index is 10.9. The molecule has 156 valence electrons. The van der Waals surface area contributed by atoms with Gasteiger partial charge >= 0.3 is 0 Å². The number of aromatic nitrogens is 1. The first-order valence-corrected chi connectivity index (χ1v) is 10.4. The Hall–Kier alpha value is -2.20. The van der Waals surface area contributed by atoms with Crippen molar-refractivity contribution in [2.45, 2.75) is 84.8 Å². The van der Waals surface area contributed by atoms with Crippen molar-refractivity contribution < 1.29 is 5.11 Å². The first kappa shape index (κ1) is 21.5. The van der Waals surface area contributed by atoms with E-state index in [0.29, 0.717) is 12.3 Å². The number of phenols is 1. The van der Waals surface area contributed by atoms with Crippen molar-refractivity contribution in [2.24, 2.45) is 4.99 Å². The Morgan fingerprint density at radius 3 is 2.21 bits per heavy atom. The number of fused-ring (bicyclic) bond motifs is 1. The molecule has 0 aliphatic carbocycles. The van der Waals surface area contributed by atoms with Gasteiger partial charge in [0.25, 0.3) is 0 Å². The molecule has 3 rings (SSSR count). The first-order chi connectivity index (χ1) is 13.3. The van der Waals surface area contributed by atoms with Crippen LogP contribution in [0.5, 0.6) is 5.75 Å². The van der Waals surface area contributed by atoms with Gasteiger partial charge in [-0.05, 0) is 53.5 Å². The number of rotatable bonds is 3. The minimum atomic E-state index is -0.396. The molecule has 0 spiro atoms. The van der Waals surface area contributed by atoms with Gasteiger partial charge in [0.05, 0.1) is 0 Å². The molecular formula is C25H35N3O. The lowest BCUT2D eigenvalue weighted by atomic mass is 9.78. The molecule has 2 heterocycles. The quantitative estimate of drug-likeness (QED) is 0.826. The lowest BCUT2D eigenvalue weighted by Crippen LogP contribution is -2.48. The van der Waals surface area contributed by atoms with Crippen molar-refractivity contribution in [3.05, 3.63) is 57.9 Å². The summed E-state index contributed by atoms with van der Waals surface area (Å²) in [6.07, 6.45) is 2.65. The molecule has 2 N–H and O–H groups in total. The minimum absolute atomic E-state index is 0.133. The summed E-state index contributed by atoms with van der Waals surface area (Å²) in [5, 5.41) is 15.7. The van der Waals surface area contributed by atoms with Crippen LogP contribution in [0.2, 0.25) is 0 Å². The van der Waals surface area contributed by atoms with Crippen LogP contribution in [0.25, 0.3) is 5.57 Å². The van der Waals surface area contributed by atoms with E-state index >= 15 is 0 Å². The number of benzene rings is 1. The monoisotopic (exact) mass is 393 g/mol. The third-order valence-electron chi connectivity index (χ3n) is 5.67. The molecule has 1 aliphatic heterocycles. The Morgan fingerprint density at radius 2 is 1.66 bits per heavy atom. The zero-order valence-corrected chi connectivity index (χ0v) is 19.1. The maximum absolute atomic E-state index is 10.9. The fraction of sp³-hybridized carbons (Fsp3) is 0.520. The normalized spacial score (nSPS) is 19.7. The molecule has 0 fully saturated rings. The molecule has 1 unspecified atom stereocenters. The smallest absolute Gasteiger partial charge is 0.156 e. The number of pyridine rings is 1. The SMILES string of the molecule is CC1=c2cccnc2=NC(C)(NCc2cc(C(C)(C)C)c(O)c(C(C)(C)C)c2)C1. The minimum Gasteiger partial charge on any atom is -0.507 e. The van der Waals surface area contributed by atoms with Crippen molar-refractivity contribution >= 4 is 5.57 Å². The zero-order valence-electron chi connectivity index (χ0n) is 19.1. The summed E-state index contributed by atoms with van der Waals surface area (Å²) < 4.78 is 0. The van der Waals surface area contributed by atoms with Crippen molar-refractivity contribution in [1.82, 2.24) is 10.3 Å². The molecule has 0 saturated heterocycles.